The largest absolute Gasteiger partial charge is 0.497 e. The van der Waals surface area contributed by atoms with Gasteiger partial charge in [0.1, 0.15) is 5.75 Å². The first kappa shape index (κ1) is 18.2. The molecule has 0 aliphatic rings. The molecule has 3 aromatic rings. The molecule has 0 aliphatic carbocycles. The molecule has 1 N–H and O–H groups in total. The molecule has 26 heavy (non-hydrogen) atoms. The number of rotatable bonds is 6. The smallest absolute Gasteiger partial charge is 0.419 e. The number of nitrogens with zero attached hydrogens (tertiary/aromatic N) is 1. The fourth-order valence-electron chi connectivity index (χ4n) is 2.77. The molecule has 8 heteroatoms. The van der Waals surface area contributed by atoms with Crippen molar-refractivity contribution in [2.45, 2.75) is 31.3 Å². The van der Waals surface area contributed by atoms with Crippen LogP contribution in [0.1, 0.15) is 25.5 Å². The zero-order valence-corrected chi connectivity index (χ0v) is 15.5. The summed E-state index contributed by atoms with van der Waals surface area (Å²) in [5.74, 6) is 0.196. The van der Waals surface area contributed by atoms with Crippen LogP contribution in [-0.2, 0) is 16.6 Å². The summed E-state index contributed by atoms with van der Waals surface area (Å²) in [6.45, 7) is 4.02. The molecule has 1 aromatic heterocycles. The van der Waals surface area contributed by atoms with Gasteiger partial charge in [0.15, 0.2) is 5.58 Å². The van der Waals surface area contributed by atoms with E-state index in [1.165, 1.54) is 16.7 Å². The van der Waals surface area contributed by atoms with Gasteiger partial charge < -0.3 is 9.15 Å². The third-order valence-electron chi connectivity index (χ3n) is 4.21. The number of hydrogen-bond acceptors (Lipinski definition) is 5. The molecule has 0 amide bonds. The first-order chi connectivity index (χ1) is 12.4. The van der Waals surface area contributed by atoms with Crippen LogP contribution < -0.4 is 15.2 Å². The normalized spacial score (nSPS) is 13.0. The van der Waals surface area contributed by atoms with Crippen LogP contribution in [-0.4, -0.2) is 20.1 Å². The minimum atomic E-state index is -3.78. The fraction of sp³-hybridized carbons (Fsp3) is 0.278. The summed E-state index contributed by atoms with van der Waals surface area (Å²) in [4.78, 5) is 11.8. The molecular formula is C18H20N2O5S. The average molecular weight is 376 g/mol. The van der Waals surface area contributed by atoms with E-state index in [9.17, 15) is 13.2 Å². The number of methoxy groups -OCH3 is 1. The monoisotopic (exact) mass is 376 g/mol. The lowest BCUT2D eigenvalue weighted by Gasteiger charge is -2.15. The summed E-state index contributed by atoms with van der Waals surface area (Å²) in [7, 11) is -2.21. The highest BCUT2D eigenvalue weighted by Gasteiger charge is 2.20. The van der Waals surface area contributed by atoms with Crippen LogP contribution in [0.3, 0.4) is 0 Å². The molecule has 2 aromatic carbocycles. The second-order valence-electron chi connectivity index (χ2n) is 5.86. The molecule has 0 aliphatic heterocycles. The van der Waals surface area contributed by atoms with Gasteiger partial charge in [0.2, 0.25) is 10.0 Å². The lowest BCUT2D eigenvalue weighted by Crippen LogP contribution is -2.26. The number of nitrogens with one attached hydrogen (secondary N) is 1. The highest BCUT2D eigenvalue weighted by Crippen LogP contribution is 2.22. The Morgan fingerprint density at radius 3 is 2.50 bits per heavy atom. The Bertz CT molecular complexity index is 1080. The molecule has 0 unspecified atom stereocenters. The number of ether oxygens (including phenoxy) is 1. The van der Waals surface area contributed by atoms with Gasteiger partial charge in [-0.25, -0.2) is 17.9 Å². The van der Waals surface area contributed by atoms with Crippen molar-refractivity contribution in [3.8, 4) is 5.75 Å². The molecule has 1 heterocycles. The van der Waals surface area contributed by atoms with Gasteiger partial charge in [0, 0.05) is 18.7 Å². The van der Waals surface area contributed by atoms with Gasteiger partial charge in [-0.15, -0.1) is 0 Å². The lowest BCUT2D eigenvalue weighted by atomic mass is 10.1. The van der Waals surface area contributed by atoms with Gasteiger partial charge in [-0.3, -0.25) is 4.57 Å². The minimum Gasteiger partial charge on any atom is -0.497 e. The van der Waals surface area contributed by atoms with Gasteiger partial charge in [-0.1, -0.05) is 12.1 Å². The second-order valence-corrected chi connectivity index (χ2v) is 7.57. The Morgan fingerprint density at radius 2 is 1.88 bits per heavy atom. The highest BCUT2D eigenvalue weighted by molar-refractivity contribution is 7.89. The number of oxazole rings is 1. The van der Waals surface area contributed by atoms with E-state index in [0.29, 0.717) is 17.8 Å². The molecule has 1 atom stereocenters. The third kappa shape index (κ3) is 3.38. The standard InChI is InChI=1S/C18H20N2O5S/c1-4-20-16-10-9-15(11-17(16)25-18(20)21)26(22,23)19-12(2)13-5-7-14(24-3)8-6-13/h5-12,19H,4H2,1-3H3/t12-/m0/s1. The topological polar surface area (TPSA) is 90.5 Å². The van der Waals surface area contributed by atoms with E-state index in [1.54, 1.807) is 44.4 Å². The molecule has 7 nitrogen and oxygen atoms in total. The Kier molecular flexibility index (Phi) is 4.88. The quantitative estimate of drug-likeness (QED) is 0.714. The molecule has 0 saturated carbocycles. The van der Waals surface area contributed by atoms with Gasteiger partial charge in [0.25, 0.3) is 0 Å². The molecule has 0 bridgehead atoms. The number of aromatic nitrogens is 1. The molecule has 0 radical (unpaired) electrons. The Labute approximate surface area is 151 Å². The van der Waals surface area contributed by atoms with Crippen molar-refractivity contribution in [1.82, 2.24) is 9.29 Å². The first-order valence-electron chi connectivity index (χ1n) is 8.15. The van der Waals surface area contributed by atoms with Crippen LogP contribution in [0.2, 0.25) is 0 Å². The number of aryl methyl sites for hydroxylation is 1. The second kappa shape index (κ2) is 6.97. The van der Waals surface area contributed by atoms with Crippen molar-refractivity contribution in [3.63, 3.8) is 0 Å². The Morgan fingerprint density at radius 1 is 1.19 bits per heavy atom. The van der Waals surface area contributed by atoms with Crippen molar-refractivity contribution >= 4 is 21.1 Å². The summed E-state index contributed by atoms with van der Waals surface area (Å²) in [6.07, 6.45) is 0. The maximum absolute atomic E-state index is 12.7. The summed E-state index contributed by atoms with van der Waals surface area (Å²) in [6, 6.07) is 11.1. The van der Waals surface area contributed by atoms with E-state index in [4.69, 9.17) is 9.15 Å². The Hall–Kier alpha value is -2.58. The molecule has 0 spiro atoms. The maximum atomic E-state index is 12.7. The number of sulfonamides is 1. The van der Waals surface area contributed by atoms with Crippen LogP contribution in [0, 0.1) is 0 Å². The summed E-state index contributed by atoms with van der Waals surface area (Å²) in [5, 5.41) is 0. The lowest BCUT2D eigenvalue weighted by molar-refractivity contribution is 0.414. The fourth-order valence-corrected chi connectivity index (χ4v) is 4.02. The van der Waals surface area contributed by atoms with E-state index in [0.717, 1.165) is 5.56 Å². The highest BCUT2D eigenvalue weighted by atomic mass is 32.2. The van der Waals surface area contributed by atoms with Crippen molar-refractivity contribution in [2.24, 2.45) is 0 Å². The number of hydrogen-bond donors (Lipinski definition) is 1. The predicted molar refractivity (Wildman–Crippen MR) is 97.9 cm³/mol. The number of benzene rings is 2. The van der Waals surface area contributed by atoms with E-state index in [1.807, 2.05) is 6.92 Å². The van der Waals surface area contributed by atoms with Crippen molar-refractivity contribution in [3.05, 3.63) is 58.6 Å². The predicted octanol–water partition coefficient (Wildman–Crippen LogP) is 2.66. The van der Waals surface area contributed by atoms with Gasteiger partial charge >= 0.3 is 5.76 Å². The van der Waals surface area contributed by atoms with E-state index >= 15 is 0 Å². The molecule has 0 fully saturated rings. The maximum Gasteiger partial charge on any atom is 0.419 e. The van der Waals surface area contributed by atoms with Gasteiger partial charge in [0.05, 0.1) is 17.5 Å². The van der Waals surface area contributed by atoms with Gasteiger partial charge in [-0.05, 0) is 43.7 Å². The molecular weight excluding hydrogens is 356 g/mol. The summed E-state index contributed by atoms with van der Waals surface area (Å²) in [5.41, 5.74) is 1.62. The summed E-state index contributed by atoms with van der Waals surface area (Å²) >= 11 is 0. The average Bonchev–Trinajstić information content (AvgIpc) is 2.95. The molecule has 0 saturated heterocycles. The number of fused-ring (bicyclic) bond motifs is 1. The minimum absolute atomic E-state index is 0.0439. The SMILES string of the molecule is CCn1c(=O)oc2cc(S(=O)(=O)N[C@@H](C)c3ccc(OC)cc3)ccc21. The van der Waals surface area contributed by atoms with Crippen LogP contribution in [0.15, 0.2) is 56.6 Å². The van der Waals surface area contributed by atoms with Crippen LogP contribution >= 0.6 is 0 Å². The van der Waals surface area contributed by atoms with Crippen molar-refractivity contribution < 1.29 is 17.6 Å². The van der Waals surface area contributed by atoms with E-state index < -0.39 is 21.8 Å². The molecule has 138 valence electrons. The van der Waals surface area contributed by atoms with Crippen LogP contribution in [0.4, 0.5) is 0 Å². The summed E-state index contributed by atoms with van der Waals surface area (Å²) < 4.78 is 39.7. The third-order valence-corrected chi connectivity index (χ3v) is 5.75. The first-order valence-corrected chi connectivity index (χ1v) is 9.63. The van der Waals surface area contributed by atoms with Crippen molar-refractivity contribution in [2.75, 3.05) is 7.11 Å². The zero-order valence-electron chi connectivity index (χ0n) is 14.7. The Balaban J connectivity index is 1.89. The van der Waals surface area contributed by atoms with Crippen LogP contribution in [0.5, 0.6) is 5.75 Å². The van der Waals surface area contributed by atoms with E-state index in [2.05, 4.69) is 4.72 Å². The van der Waals surface area contributed by atoms with E-state index in [-0.39, 0.29) is 10.5 Å². The molecule has 3 rings (SSSR count). The van der Waals surface area contributed by atoms with Gasteiger partial charge in [-0.2, -0.15) is 0 Å². The van der Waals surface area contributed by atoms with Crippen molar-refractivity contribution in [1.29, 1.82) is 0 Å². The zero-order chi connectivity index (χ0) is 18.9. The van der Waals surface area contributed by atoms with Crippen LogP contribution in [0.25, 0.3) is 11.1 Å².